The van der Waals surface area contributed by atoms with Gasteiger partial charge in [-0.1, -0.05) is 6.07 Å². The molecule has 0 saturated carbocycles. The van der Waals surface area contributed by atoms with E-state index in [4.69, 9.17) is 4.74 Å². The lowest BCUT2D eigenvalue weighted by Gasteiger charge is -2.10. The van der Waals surface area contributed by atoms with E-state index in [1.54, 1.807) is 11.1 Å². The monoisotopic (exact) mass is 219 g/mol. The second-order valence-electron chi connectivity index (χ2n) is 4.04. The van der Waals surface area contributed by atoms with Crippen LogP contribution in [-0.4, -0.2) is 25.3 Å². The van der Waals surface area contributed by atoms with Gasteiger partial charge in [0.05, 0.1) is 0 Å². The summed E-state index contributed by atoms with van der Waals surface area (Å²) >= 11 is 0. The van der Waals surface area contributed by atoms with Crippen LogP contribution in [0.3, 0.4) is 0 Å². The van der Waals surface area contributed by atoms with Gasteiger partial charge in [0, 0.05) is 20.3 Å². The molecule has 0 fully saturated rings. The molecule has 0 N–H and O–H groups in total. The van der Waals surface area contributed by atoms with Crippen molar-refractivity contribution >= 4 is 6.29 Å². The molecule has 0 bridgehead atoms. The summed E-state index contributed by atoms with van der Waals surface area (Å²) in [6.07, 6.45) is 2.35. The highest BCUT2D eigenvalue weighted by atomic mass is 16.5. The van der Waals surface area contributed by atoms with E-state index in [1.807, 2.05) is 40.1 Å². The third-order valence-corrected chi connectivity index (χ3v) is 1.93. The molecule has 0 atom stereocenters. The van der Waals surface area contributed by atoms with Crippen LogP contribution in [0.4, 0.5) is 0 Å². The Morgan fingerprint density at radius 1 is 1.19 bits per heavy atom. The van der Waals surface area contributed by atoms with E-state index in [9.17, 15) is 4.79 Å². The van der Waals surface area contributed by atoms with E-state index in [2.05, 4.69) is 6.07 Å². The molecular formula is C13H17NO2. The van der Waals surface area contributed by atoms with Crippen LogP contribution in [0, 0.1) is 13.8 Å². The van der Waals surface area contributed by atoms with Gasteiger partial charge in [-0.3, -0.25) is 4.79 Å². The molecule has 0 aliphatic carbocycles. The quantitative estimate of drug-likeness (QED) is 0.442. The van der Waals surface area contributed by atoms with Crippen molar-refractivity contribution in [3.05, 3.63) is 41.3 Å². The highest BCUT2D eigenvalue weighted by Crippen LogP contribution is 2.18. The van der Waals surface area contributed by atoms with Crippen LogP contribution in [0.5, 0.6) is 5.75 Å². The van der Waals surface area contributed by atoms with Crippen molar-refractivity contribution < 1.29 is 9.53 Å². The molecule has 0 aliphatic rings. The van der Waals surface area contributed by atoms with Crippen LogP contribution in [0.1, 0.15) is 11.1 Å². The van der Waals surface area contributed by atoms with Gasteiger partial charge in [0.25, 0.3) is 0 Å². The summed E-state index contributed by atoms with van der Waals surface area (Å²) in [7, 11) is 3.68. The van der Waals surface area contributed by atoms with Crippen LogP contribution < -0.4 is 4.74 Å². The molecule has 0 amide bonds. The molecule has 1 rings (SSSR count). The van der Waals surface area contributed by atoms with Crippen molar-refractivity contribution in [1.82, 2.24) is 4.90 Å². The third-order valence-electron chi connectivity index (χ3n) is 1.93. The average Bonchev–Trinajstić information content (AvgIpc) is 2.14. The highest BCUT2D eigenvalue weighted by Gasteiger charge is 2.01. The molecule has 0 radical (unpaired) electrons. The molecule has 86 valence electrons. The number of benzene rings is 1. The fourth-order valence-corrected chi connectivity index (χ4v) is 1.46. The SMILES string of the molecule is Cc1cc(C)cc(O/C(C=O)=C\N(C)C)c1. The van der Waals surface area contributed by atoms with Crippen LogP contribution in [0.25, 0.3) is 0 Å². The van der Waals surface area contributed by atoms with Crippen LogP contribution in [-0.2, 0) is 4.79 Å². The Kier molecular flexibility index (Phi) is 4.11. The first-order valence-corrected chi connectivity index (χ1v) is 5.11. The Labute approximate surface area is 96.3 Å². The molecule has 16 heavy (non-hydrogen) atoms. The summed E-state index contributed by atoms with van der Waals surface area (Å²) < 4.78 is 5.49. The summed E-state index contributed by atoms with van der Waals surface area (Å²) in [6, 6.07) is 5.86. The zero-order valence-electron chi connectivity index (χ0n) is 10.2. The predicted octanol–water partition coefficient (Wildman–Crippen LogP) is 2.28. The number of carbonyl (C=O) groups is 1. The molecule has 1 aromatic carbocycles. The number of hydrogen-bond donors (Lipinski definition) is 0. The number of carbonyl (C=O) groups excluding carboxylic acids is 1. The van der Waals surface area contributed by atoms with Gasteiger partial charge >= 0.3 is 0 Å². The maximum atomic E-state index is 10.8. The van der Waals surface area contributed by atoms with Gasteiger partial charge < -0.3 is 9.64 Å². The molecular weight excluding hydrogens is 202 g/mol. The summed E-state index contributed by atoms with van der Waals surface area (Å²) in [5, 5.41) is 0. The summed E-state index contributed by atoms with van der Waals surface area (Å²) in [5.74, 6) is 0.993. The van der Waals surface area contributed by atoms with Crippen molar-refractivity contribution in [2.24, 2.45) is 0 Å². The van der Waals surface area contributed by atoms with Crippen molar-refractivity contribution in [3.8, 4) is 5.75 Å². The smallest absolute Gasteiger partial charge is 0.186 e. The normalized spacial score (nSPS) is 11.1. The van der Waals surface area contributed by atoms with Gasteiger partial charge in [0.15, 0.2) is 12.0 Å². The van der Waals surface area contributed by atoms with Gasteiger partial charge in [-0.15, -0.1) is 0 Å². The van der Waals surface area contributed by atoms with Crippen LogP contribution in [0.2, 0.25) is 0 Å². The largest absolute Gasteiger partial charge is 0.452 e. The zero-order valence-corrected chi connectivity index (χ0v) is 10.2. The minimum Gasteiger partial charge on any atom is -0.452 e. The summed E-state index contributed by atoms with van der Waals surface area (Å²) in [4.78, 5) is 12.6. The fourth-order valence-electron chi connectivity index (χ4n) is 1.46. The van der Waals surface area contributed by atoms with E-state index in [-0.39, 0.29) is 0 Å². The van der Waals surface area contributed by atoms with Crippen molar-refractivity contribution in [2.45, 2.75) is 13.8 Å². The summed E-state index contributed by atoms with van der Waals surface area (Å²) in [5.41, 5.74) is 2.23. The predicted molar refractivity (Wildman–Crippen MR) is 64.4 cm³/mol. The number of aldehydes is 1. The standard InChI is InChI=1S/C13H17NO2/c1-10-5-11(2)7-12(6-10)16-13(9-15)8-14(3)4/h5-9H,1-4H3/b13-8-. The Bertz CT molecular complexity index is 388. The average molecular weight is 219 g/mol. The minimum atomic E-state index is 0.301. The maximum Gasteiger partial charge on any atom is 0.186 e. The Morgan fingerprint density at radius 3 is 2.19 bits per heavy atom. The summed E-state index contributed by atoms with van der Waals surface area (Å²) in [6.45, 7) is 3.99. The fraction of sp³-hybridized carbons (Fsp3) is 0.308. The first kappa shape index (κ1) is 12.3. The molecule has 0 unspecified atom stereocenters. The number of allylic oxidation sites excluding steroid dienone is 1. The van der Waals surface area contributed by atoms with Gasteiger partial charge in [0.1, 0.15) is 5.75 Å². The molecule has 0 spiro atoms. The van der Waals surface area contributed by atoms with E-state index in [0.29, 0.717) is 17.8 Å². The molecule has 3 nitrogen and oxygen atoms in total. The lowest BCUT2D eigenvalue weighted by atomic mass is 10.1. The number of nitrogens with zero attached hydrogens (tertiary/aromatic N) is 1. The van der Waals surface area contributed by atoms with Gasteiger partial charge in [0.2, 0.25) is 0 Å². The molecule has 0 heterocycles. The van der Waals surface area contributed by atoms with Gasteiger partial charge in [-0.2, -0.15) is 0 Å². The molecule has 0 aliphatic heterocycles. The number of rotatable bonds is 4. The van der Waals surface area contributed by atoms with Crippen LogP contribution in [0.15, 0.2) is 30.2 Å². The Hall–Kier alpha value is -1.77. The van der Waals surface area contributed by atoms with Crippen molar-refractivity contribution in [3.63, 3.8) is 0 Å². The zero-order chi connectivity index (χ0) is 12.1. The van der Waals surface area contributed by atoms with Gasteiger partial charge in [-0.25, -0.2) is 0 Å². The lowest BCUT2D eigenvalue weighted by molar-refractivity contribution is -0.106. The van der Waals surface area contributed by atoms with E-state index in [1.165, 1.54) is 0 Å². The lowest BCUT2D eigenvalue weighted by Crippen LogP contribution is -2.07. The topological polar surface area (TPSA) is 29.5 Å². The number of ether oxygens (including phenoxy) is 1. The van der Waals surface area contributed by atoms with E-state index in [0.717, 1.165) is 11.1 Å². The Morgan fingerprint density at radius 2 is 1.75 bits per heavy atom. The first-order chi connectivity index (χ1) is 7.51. The first-order valence-electron chi connectivity index (χ1n) is 5.11. The molecule has 1 aromatic rings. The van der Waals surface area contributed by atoms with Gasteiger partial charge in [-0.05, 0) is 37.1 Å². The maximum absolute atomic E-state index is 10.8. The second kappa shape index (κ2) is 5.35. The third kappa shape index (κ3) is 3.77. The molecule has 0 aromatic heterocycles. The Balaban J connectivity index is 2.90. The molecule has 0 saturated heterocycles. The number of hydrogen-bond acceptors (Lipinski definition) is 3. The second-order valence-corrected chi connectivity index (χ2v) is 4.04. The highest BCUT2D eigenvalue weighted by molar-refractivity contribution is 5.70. The molecule has 3 heteroatoms. The number of aryl methyl sites for hydroxylation is 2. The van der Waals surface area contributed by atoms with Crippen LogP contribution >= 0.6 is 0 Å². The van der Waals surface area contributed by atoms with E-state index >= 15 is 0 Å². The van der Waals surface area contributed by atoms with Crippen molar-refractivity contribution in [2.75, 3.05) is 14.1 Å². The minimum absolute atomic E-state index is 0.301. The van der Waals surface area contributed by atoms with Crippen molar-refractivity contribution in [1.29, 1.82) is 0 Å². The van der Waals surface area contributed by atoms with E-state index < -0.39 is 0 Å².